The molecule has 0 radical (unpaired) electrons. The minimum absolute atomic E-state index is 0.0880. The first-order chi connectivity index (χ1) is 56.3. The number of hydrogen-bond acceptors (Lipinski definition) is 24. The van der Waals surface area contributed by atoms with Crippen molar-refractivity contribution in [1.82, 2.24) is 148 Å². The summed E-state index contributed by atoms with van der Waals surface area (Å²) in [6.07, 6.45) is 19.2. The fourth-order valence-corrected chi connectivity index (χ4v) is 12.4. The molecule has 572 valence electrons. The molecular formula is C78H66Br2N36. The van der Waals surface area contributed by atoms with E-state index in [-0.39, 0.29) is 35.8 Å². The second-order valence-corrected chi connectivity index (χ2v) is 27.7. The van der Waals surface area contributed by atoms with Gasteiger partial charge in [-0.15, -0.1) is 20.4 Å². The van der Waals surface area contributed by atoms with E-state index in [0.29, 0.717) is 0 Å². The molecule has 0 amide bonds. The predicted octanol–water partition coefficient (Wildman–Crippen LogP) is 12.5. The average Bonchev–Trinajstić information content (AvgIpc) is 1.66. The van der Waals surface area contributed by atoms with E-state index in [9.17, 15) is 0 Å². The summed E-state index contributed by atoms with van der Waals surface area (Å²) in [4.78, 5) is 7.41. The van der Waals surface area contributed by atoms with Crippen LogP contribution in [0.4, 0.5) is 0 Å². The zero-order chi connectivity index (χ0) is 80.7. The molecule has 12 heterocycles. The van der Waals surface area contributed by atoms with Crippen molar-refractivity contribution in [1.29, 1.82) is 32.5 Å². The van der Waals surface area contributed by atoms with Gasteiger partial charge in [0.1, 0.15) is 47.4 Å². The Hall–Kier alpha value is -15.6. The maximum absolute atomic E-state index is 8.54. The molecule has 38 heteroatoms. The zero-order valence-corrected chi connectivity index (χ0v) is 65.6. The van der Waals surface area contributed by atoms with Crippen molar-refractivity contribution >= 4 is 134 Å². The first-order valence-corrected chi connectivity index (χ1v) is 36.9. The van der Waals surface area contributed by atoms with E-state index in [1.54, 1.807) is 58.9 Å². The molecule has 20 rings (SSSR count). The lowest BCUT2D eigenvalue weighted by molar-refractivity contribution is 0.766. The molecule has 0 aliphatic carbocycles. The van der Waals surface area contributed by atoms with Crippen molar-refractivity contribution in [2.45, 2.75) is 41.5 Å². The molecule has 0 spiro atoms. The number of rotatable bonds is 2. The van der Waals surface area contributed by atoms with Crippen LogP contribution >= 0.6 is 31.9 Å². The number of nitrogens with zero attached hydrogens (tertiary/aromatic N) is 30. The van der Waals surface area contributed by atoms with Gasteiger partial charge in [0.2, 0.25) is 35.8 Å². The van der Waals surface area contributed by atoms with Crippen molar-refractivity contribution in [2.75, 3.05) is 0 Å². The molecule has 0 atom stereocenters. The number of aryl methyl sites for hydroxylation is 6. The molecule has 116 heavy (non-hydrogen) atoms. The minimum Gasteiger partial charge on any atom is -0.265 e. The van der Waals surface area contributed by atoms with Gasteiger partial charge in [-0.25, -0.2) is 28.7 Å². The Balaban J connectivity index is 0.000000111. The van der Waals surface area contributed by atoms with E-state index >= 15 is 0 Å². The van der Waals surface area contributed by atoms with Gasteiger partial charge >= 0.3 is 0 Å². The molecule has 0 aliphatic heterocycles. The summed E-state index contributed by atoms with van der Waals surface area (Å²) >= 11 is 6.52. The molecule has 12 aromatic heterocycles. The Bertz CT molecular complexity index is 6650. The molecule has 0 bridgehead atoms. The number of fused-ring (bicyclic) bond motifs is 6. The fraction of sp³-hybridized carbons (Fsp3) is 0.0769. The van der Waals surface area contributed by atoms with Gasteiger partial charge in [-0.05, 0) is 174 Å². The minimum atomic E-state index is 0.0880. The smallest absolute Gasteiger partial charge is 0.248 e. The van der Waals surface area contributed by atoms with Gasteiger partial charge in [0.05, 0.1) is 78.2 Å². The van der Waals surface area contributed by atoms with Crippen LogP contribution in [-0.2, 0) is 0 Å². The van der Waals surface area contributed by atoms with Gasteiger partial charge in [0.15, 0.2) is 0 Å². The summed E-state index contributed by atoms with van der Waals surface area (Å²) in [6, 6.07) is 58.8. The summed E-state index contributed by atoms with van der Waals surface area (Å²) in [5.74, 6) is 0.849. The Morgan fingerprint density at radius 2 is 0.724 bits per heavy atom. The van der Waals surface area contributed by atoms with Crippen LogP contribution in [0.5, 0.6) is 0 Å². The number of para-hydroxylation sites is 2. The number of benzene rings is 8. The number of nitrogens with one attached hydrogen (secondary N) is 6. The molecule has 0 saturated carbocycles. The Labute approximate surface area is 673 Å². The van der Waals surface area contributed by atoms with Gasteiger partial charge in [-0.1, -0.05) is 136 Å². The third kappa shape index (κ3) is 16.0. The van der Waals surface area contributed by atoms with Gasteiger partial charge in [0, 0.05) is 46.7 Å². The van der Waals surface area contributed by atoms with Crippen LogP contribution in [0, 0.1) is 74.0 Å². The van der Waals surface area contributed by atoms with Crippen molar-refractivity contribution < 1.29 is 0 Å². The molecule has 6 N–H and O–H groups in total. The molecule has 20 aromatic rings. The summed E-state index contributed by atoms with van der Waals surface area (Å²) in [7, 11) is 0. The number of halogens is 2. The lowest BCUT2D eigenvalue weighted by Crippen LogP contribution is -2.22. The van der Waals surface area contributed by atoms with Crippen LogP contribution in [0.1, 0.15) is 33.4 Å². The predicted molar refractivity (Wildman–Crippen MR) is 444 cm³/mol. The lowest BCUT2D eigenvalue weighted by atomic mass is 10.1. The summed E-state index contributed by atoms with van der Waals surface area (Å²) < 4.78 is 19.2. The van der Waals surface area contributed by atoms with E-state index in [1.807, 2.05) is 224 Å². The Kier molecular flexibility index (Phi) is 21.7. The molecule has 36 nitrogen and oxygen atoms in total. The number of aromatic nitrogens is 30. The maximum atomic E-state index is 8.54. The monoisotopic (exact) mass is 1660 g/mol. The van der Waals surface area contributed by atoms with Gasteiger partial charge < -0.3 is 0 Å². The summed E-state index contributed by atoms with van der Waals surface area (Å²) in [5.41, 5.74) is 18.4. The van der Waals surface area contributed by atoms with Crippen LogP contribution < -0.4 is 0 Å². The molecule has 0 fully saturated rings. The quantitative estimate of drug-likeness (QED) is 0.0691. The largest absolute Gasteiger partial charge is 0.265 e. The first kappa shape index (κ1) is 75.8. The van der Waals surface area contributed by atoms with E-state index in [4.69, 9.17) is 32.5 Å². The van der Waals surface area contributed by atoms with Gasteiger partial charge in [-0.2, -0.15) is 78.2 Å². The van der Waals surface area contributed by atoms with Crippen molar-refractivity contribution in [3.05, 3.63) is 299 Å². The third-order valence-corrected chi connectivity index (χ3v) is 18.9. The van der Waals surface area contributed by atoms with Crippen molar-refractivity contribution in [2.24, 2.45) is 0 Å². The normalized spacial score (nSPS) is 11.0. The average molecular weight is 1670 g/mol. The second kappa shape index (κ2) is 33.1. The maximum Gasteiger partial charge on any atom is 0.248 e. The topological polar surface area (TPSA) is 434 Å². The lowest BCUT2D eigenvalue weighted by Gasteiger charge is -2.06. The van der Waals surface area contributed by atoms with E-state index in [0.717, 1.165) is 131 Å². The molecule has 0 unspecified atom stereocenters. The molecule has 8 aromatic carbocycles. The molecule has 0 aliphatic rings. The van der Waals surface area contributed by atoms with E-state index in [2.05, 4.69) is 124 Å². The van der Waals surface area contributed by atoms with Crippen LogP contribution in [0.15, 0.2) is 266 Å². The second-order valence-electron chi connectivity index (χ2n) is 25.9. The molecular weight excluding hydrogens is 1600 g/mol. The fourth-order valence-electron chi connectivity index (χ4n) is 11.8. The number of hydrogen-bond donors (Lipinski definition) is 6. The first-order valence-electron chi connectivity index (χ1n) is 35.3. The van der Waals surface area contributed by atoms with Gasteiger partial charge in [-0.3, -0.25) is 32.5 Å². The Morgan fingerprint density at radius 1 is 0.319 bits per heavy atom. The zero-order valence-electron chi connectivity index (χ0n) is 62.4. The SMILES string of the molecule is Cc1cc2nnn(C(=N)n3nnc4c(C)c(C)ccc43)c2cc1C.Cc1ccc2c(c1)nnn2C(=N)n1nnc2cc(C)ccc21.N=C(n1cc(Br)cn1)n1cc(Br)cn1.N=C(n1ccc(-c2ccccc2)n1)n1ccc(-c2ccccc2)n1.N=C(n1cncn1)n1cncn1.N=C(n1ncc2ccccc21)n1ncc2ccccc21. The van der Waals surface area contributed by atoms with Crippen LogP contribution in [0.3, 0.4) is 0 Å². The van der Waals surface area contributed by atoms with Gasteiger partial charge in [0.25, 0.3) is 0 Å². The third-order valence-electron chi connectivity index (χ3n) is 18.1. The molecule has 0 saturated heterocycles. The highest BCUT2D eigenvalue weighted by molar-refractivity contribution is 9.10. The highest BCUT2D eigenvalue weighted by atomic mass is 79.9. The Morgan fingerprint density at radius 3 is 1.19 bits per heavy atom. The van der Waals surface area contributed by atoms with Crippen LogP contribution in [0.25, 0.3) is 88.5 Å². The summed E-state index contributed by atoms with van der Waals surface area (Å²) in [5, 5.41) is 117. The highest BCUT2D eigenvalue weighted by Gasteiger charge is 2.20. The van der Waals surface area contributed by atoms with Crippen molar-refractivity contribution in [3.63, 3.8) is 0 Å². The van der Waals surface area contributed by atoms with E-state index in [1.165, 1.54) is 72.1 Å². The van der Waals surface area contributed by atoms with E-state index < -0.39 is 0 Å². The van der Waals surface area contributed by atoms with Crippen molar-refractivity contribution in [3.8, 4) is 22.5 Å². The summed E-state index contributed by atoms with van der Waals surface area (Å²) in [6.45, 7) is 12.1. The standard InChI is InChI=1S/C19H15N5.C17H17N7.C15H13N7.C15H11N5.C7H5Br2N5.C5H5N7/c20-19(23-13-11-17(21-23)15-7-3-1-4-8-15)24-14-12-18(22-24)16-9-5-2-6-10-16;1-9-5-6-14-16(12(9)4)20-22-23(14)17(18)24-15-8-11(3)10(2)7-13(15)19-21-24;1-9-3-5-13-11(7-9)17-19-21(13)15(16)22-14-6-4-10(2)8-12(14)18-20-22;16-15(19-13-7-3-1-5-11(13)9-17-19)20-14-8-4-2-6-12(14)10-18-20;8-5-1-11-13(3-5)7(10)14-4-6(9)2-12-14;6-5(11-3-7-1-9-11)12-4-8-2-10-12/h1-14,20H;5-8,18H,1-4H3;3-8,16H,1-2H3;1-10,16H;1-4,10H;1-4,6H. The van der Waals surface area contributed by atoms with Crippen LogP contribution in [0.2, 0.25) is 0 Å². The highest BCUT2D eigenvalue weighted by Crippen LogP contribution is 2.25. The van der Waals surface area contributed by atoms with Crippen LogP contribution in [-0.4, -0.2) is 184 Å².